The van der Waals surface area contributed by atoms with Crippen LogP contribution in [0.15, 0.2) is 53.1 Å². The van der Waals surface area contributed by atoms with Gasteiger partial charge in [0.25, 0.3) is 5.56 Å². The van der Waals surface area contributed by atoms with Crippen molar-refractivity contribution in [3.63, 3.8) is 0 Å². The van der Waals surface area contributed by atoms with Gasteiger partial charge in [0.2, 0.25) is 11.8 Å². The molecule has 4 N–H and O–H groups in total. The van der Waals surface area contributed by atoms with Gasteiger partial charge in [0.1, 0.15) is 23.1 Å². The first kappa shape index (κ1) is 27.8. The van der Waals surface area contributed by atoms with E-state index in [1.165, 1.54) is 21.6 Å². The molecule has 3 rings (SSSR count). The van der Waals surface area contributed by atoms with E-state index in [-0.39, 0.29) is 31.0 Å². The molecule has 0 aliphatic rings. The molecule has 12 heteroatoms. The largest absolute Gasteiger partial charge is 0.465 e. The Balaban J connectivity index is 1.76. The molecule has 0 aliphatic carbocycles. The Morgan fingerprint density at radius 1 is 1.24 bits per heavy atom. The van der Waals surface area contributed by atoms with Crippen molar-refractivity contribution < 1.29 is 19.5 Å². The number of likely N-dealkylation sites (N-methyl/N-ethyl adjacent to an activating group) is 1. The van der Waals surface area contributed by atoms with Gasteiger partial charge < -0.3 is 30.2 Å². The number of carboxylic acid groups (broad SMARTS) is 1. The molecule has 3 heterocycles. The van der Waals surface area contributed by atoms with E-state index >= 15 is 0 Å². The second-order valence-corrected chi connectivity index (χ2v) is 9.06. The third-order valence-electron chi connectivity index (χ3n) is 5.44. The number of aromatic amines is 1. The quantitative estimate of drug-likeness (QED) is 0.298. The minimum absolute atomic E-state index is 0.00368. The molecule has 0 bridgehead atoms. The van der Waals surface area contributed by atoms with Crippen LogP contribution in [-0.4, -0.2) is 67.6 Å². The standard InChI is InChI=1S/C26H31N7O5/c1-16(2)14-20-23-17(11-12-27-20)28-21(31-23)15-33-13-7-9-19(25(33)36)29-24(35)18(30-26(37)38)8-5-6-10-22(34)32(3)4/h6-7,9-14,18,30H,5,8,15H2,1-4H3,(H,28,31)(H,29,35)(H,37,38)/b10-6+/t18-/m0/s1. The van der Waals surface area contributed by atoms with Crippen LogP contribution in [-0.2, 0) is 16.1 Å². The highest BCUT2D eigenvalue weighted by Gasteiger charge is 2.21. The number of nitrogens with zero attached hydrogens (tertiary/aromatic N) is 4. The van der Waals surface area contributed by atoms with Gasteiger partial charge in [0.15, 0.2) is 0 Å². The topological polar surface area (TPSA) is 162 Å². The Morgan fingerprint density at radius 2 is 2.00 bits per heavy atom. The van der Waals surface area contributed by atoms with Gasteiger partial charge in [-0.05, 0) is 57.0 Å². The SMILES string of the molecule is CC(C)=Cc1nccc2[nH]c(Cn3cccc(NC(=O)[C@H](CC/C=C/C(=O)N(C)C)NC(=O)O)c3=O)nc12. The summed E-state index contributed by atoms with van der Waals surface area (Å²) in [7, 11) is 3.21. The van der Waals surface area contributed by atoms with Crippen molar-refractivity contribution in [1.29, 1.82) is 0 Å². The maximum atomic E-state index is 13.1. The summed E-state index contributed by atoms with van der Waals surface area (Å²) in [6, 6.07) is 3.72. The Kier molecular flexibility index (Phi) is 9.14. The number of rotatable bonds is 10. The molecule has 0 saturated heterocycles. The van der Waals surface area contributed by atoms with Crippen LogP contribution < -0.4 is 16.2 Å². The highest BCUT2D eigenvalue weighted by atomic mass is 16.4. The number of anilines is 1. The molecule has 0 aromatic carbocycles. The molecule has 1 atom stereocenters. The fraction of sp³-hybridized carbons (Fsp3) is 0.308. The fourth-order valence-electron chi connectivity index (χ4n) is 3.61. The molecule has 0 spiro atoms. The number of H-pyrrole nitrogens is 1. The second-order valence-electron chi connectivity index (χ2n) is 9.06. The lowest BCUT2D eigenvalue weighted by Gasteiger charge is -2.16. The highest BCUT2D eigenvalue weighted by Crippen LogP contribution is 2.17. The van der Waals surface area contributed by atoms with Gasteiger partial charge in [-0.1, -0.05) is 11.6 Å². The predicted molar refractivity (Wildman–Crippen MR) is 144 cm³/mol. The zero-order valence-electron chi connectivity index (χ0n) is 21.7. The van der Waals surface area contributed by atoms with Crippen molar-refractivity contribution in [1.82, 2.24) is 29.7 Å². The molecule has 0 radical (unpaired) electrons. The van der Waals surface area contributed by atoms with Crippen molar-refractivity contribution in [2.24, 2.45) is 0 Å². The van der Waals surface area contributed by atoms with Crippen molar-refractivity contribution >= 4 is 40.7 Å². The minimum Gasteiger partial charge on any atom is -0.465 e. The molecule has 0 saturated carbocycles. The number of pyridine rings is 2. The number of carbonyl (C=O) groups is 3. The third kappa shape index (κ3) is 7.38. The number of hydrogen-bond acceptors (Lipinski definition) is 6. The van der Waals surface area contributed by atoms with Gasteiger partial charge in [0.05, 0.1) is 17.8 Å². The third-order valence-corrected chi connectivity index (χ3v) is 5.44. The van der Waals surface area contributed by atoms with Crippen molar-refractivity contribution in [2.75, 3.05) is 19.4 Å². The van der Waals surface area contributed by atoms with Gasteiger partial charge in [-0.2, -0.15) is 0 Å². The lowest BCUT2D eigenvalue weighted by Crippen LogP contribution is -2.44. The van der Waals surface area contributed by atoms with E-state index in [0.29, 0.717) is 11.3 Å². The van der Waals surface area contributed by atoms with Gasteiger partial charge in [-0.3, -0.25) is 19.4 Å². The normalized spacial score (nSPS) is 11.8. The number of aromatic nitrogens is 4. The van der Waals surface area contributed by atoms with E-state index in [4.69, 9.17) is 5.11 Å². The first-order chi connectivity index (χ1) is 18.0. The molecular weight excluding hydrogens is 490 g/mol. The number of allylic oxidation sites excluding steroid dienone is 2. The van der Waals surface area contributed by atoms with Crippen LogP contribution in [0, 0.1) is 0 Å². The van der Waals surface area contributed by atoms with Crippen LogP contribution in [0.25, 0.3) is 17.1 Å². The Hall–Kier alpha value is -4.74. The Morgan fingerprint density at radius 3 is 2.68 bits per heavy atom. The number of fused-ring (bicyclic) bond motifs is 1. The number of imidazole rings is 1. The fourth-order valence-corrected chi connectivity index (χ4v) is 3.61. The molecule has 3 amide bonds. The van der Waals surface area contributed by atoms with Crippen LogP contribution in [0.2, 0.25) is 0 Å². The second kappa shape index (κ2) is 12.5. The maximum absolute atomic E-state index is 13.1. The minimum atomic E-state index is -1.38. The first-order valence-electron chi connectivity index (χ1n) is 11.9. The molecule has 3 aromatic rings. The lowest BCUT2D eigenvalue weighted by atomic mass is 10.1. The van der Waals surface area contributed by atoms with E-state index in [1.54, 1.807) is 44.7 Å². The number of hydrogen-bond donors (Lipinski definition) is 4. The summed E-state index contributed by atoms with van der Waals surface area (Å²) in [6.45, 7) is 4.05. The van der Waals surface area contributed by atoms with Crippen LogP contribution in [0.5, 0.6) is 0 Å². The van der Waals surface area contributed by atoms with E-state index in [1.807, 2.05) is 19.9 Å². The number of amides is 3. The van der Waals surface area contributed by atoms with Gasteiger partial charge in [-0.15, -0.1) is 0 Å². The molecule has 3 aromatic heterocycles. The van der Waals surface area contributed by atoms with Gasteiger partial charge >= 0.3 is 6.09 Å². The summed E-state index contributed by atoms with van der Waals surface area (Å²) in [5.41, 5.74) is 2.78. The van der Waals surface area contributed by atoms with Crippen molar-refractivity contribution in [3.05, 3.63) is 70.2 Å². The van der Waals surface area contributed by atoms with E-state index in [0.717, 1.165) is 16.8 Å². The lowest BCUT2D eigenvalue weighted by molar-refractivity contribution is -0.123. The molecule has 12 nitrogen and oxygen atoms in total. The van der Waals surface area contributed by atoms with Crippen molar-refractivity contribution in [3.8, 4) is 0 Å². The summed E-state index contributed by atoms with van der Waals surface area (Å²) in [5, 5.41) is 13.8. The Bertz CT molecular complexity index is 1450. The zero-order chi connectivity index (χ0) is 27.8. The zero-order valence-corrected chi connectivity index (χ0v) is 21.7. The Labute approximate surface area is 219 Å². The summed E-state index contributed by atoms with van der Waals surface area (Å²) in [5.74, 6) is -0.377. The molecule has 0 fully saturated rings. The van der Waals surface area contributed by atoms with Crippen LogP contribution in [0.4, 0.5) is 10.5 Å². The highest BCUT2D eigenvalue weighted by molar-refractivity contribution is 5.96. The molecule has 0 unspecified atom stereocenters. The molecule has 200 valence electrons. The first-order valence-corrected chi connectivity index (χ1v) is 11.9. The van der Waals surface area contributed by atoms with Crippen LogP contribution >= 0.6 is 0 Å². The summed E-state index contributed by atoms with van der Waals surface area (Å²) >= 11 is 0. The van der Waals surface area contributed by atoms with Crippen LogP contribution in [0.1, 0.15) is 38.2 Å². The number of carbonyl (C=O) groups excluding carboxylic acids is 2. The smallest absolute Gasteiger partial charge is 0.405 e. The monoisotopic (exact) mass is 521 g/mol. The van der Waals surface area contributed by atoms with Gasteiger partial charge in [0, 0.05) is 26.5 Å². The average Bonchev–Trinajstić information content (AvgIpc) is 3.26. The molecule has 0 aliphatic heterocycles. The van der Waals surface area contributed by atoms with E-state index in [9.17, 15) is 19.2 Å². The van der Waals surface area contributed by atoms with E-state index < -0.39 is 23.6 Å². The maximum Gasteiger partial charge on any atom is 0.405 e. The van der Waals surface area contributed by atoms with Crippen molar-refractivity contribution in [2.45, 2.75) is 39.3 Å². The van der Waals surface area contributed by atoms with Gasteiger partial charge in [-0.25, -0.2) is 9.78 Å². The number of nitrogens with one attached hydrogen (secondary N) is 3. The average molecular weight is 522 g/mol. The summed E-state index contributed by atoms with van der Waals surface area (Å²) < 4.78 is 1.39. The summed E-state index contributed by atoms with van der Waals surface area (Å²) in [6.07, 6.45) is 7.07. The summed E-state index contributed by atoms with van der Waals surface area (Å²) in [4.78, 5) is 62.3. The molecule has 38 heavy (non-hydrogen) atoms. The predicted octanol–water partition coefficient (Wildman–Crippen LogP) is 2.59. The van der Waals surface area contributed by atoms with E-state index in [2.05, 4.69) is 25.6 Å². The molecular formula is C26H31N7O5. The van der Waals surface area contributed by atoms with Crippen LogP contribution in [0.3, 0.4) is 0 Å².